The van der Waals surface area contributed by atoms with Crippen LogP contribution >= 0.6 is 11.8 Å². The summed E-state index contributed by atoms with van der Waals surface area (Å²) in [5, 5.41) is 3.70. The first-order valence-corrected chi connectivity index (χ1v) is 9.83. The van der Waals surface area contributed by atoms with Gasteiger partial charge in [-0.2, -0.15) is 0 Å². The molecule has 2 atom stereocenters. The quantitative estimate of drug-likeness (QED) is 0.895. The molecule has 25 heavy (non-hydrogen) atoms. The van der Waals surface area contributed by atoms with E-state index in [0.29, 0.717) is 6.54 Å². The van der Waals surface area contributed by atoms with Gasteiger partial charge >= 0.3 is 6.09 Å². The topological polar surface area (TPSA) is 58.6 Å². The summed E-state index contributed by atoms with van der Waals surface area (Å²) >= 11 is 1.36. The van der Waals surface area contributed by atoms with E-state index in [-0.39, 0.29) is 28.6 Å². The first kappa shape index (κ1) is 18.3. The highest BCUT2D eigenvalue weighted by molar-refractivity contribution is 8.14. The van der Waals surface area contributed by atoms with Crippen molar-refractivity contribution < 1.29 is 14.3 Å². The molecule has 2 aliphatic heterocycles. The highest BCUT2D eigenvalue weighted by Gasteiger charge is 2.48. The summed E-state index contributed by atoms with van der Waals surface area (Å²) in [5.41, 5.74) is 0.811. The number of amides is 1. The van der Waals surface area contributed by atoms with Crippen molar-refractivity contribution in [1.82, 2.24) is 10.2 Å². The number of ether oxygens (including phenoxy) is 1. The van der Waals surface area contributed by atoms with Crippen molar-refractivity contribution in [2.24, 2.45) is 0 Å². The third-order valence-corrected chi connectivity index (χ3v) is 6.07. The fraction of sp³-hybridized carbons (Fsp3) is 0.579. The van der Waals surface area contributed by atoms with Crippen molar-refractivity contribution in [3.63, 3.8) is 0 Å². The monoisotopic (exact) mass is 362 g/mol. The molecule has 2 saturated heterocycles. The van der Waals surface area contributed by atoms with E-state index in [0.717, 1.165) is 44.3 Å². The standard InChI is InChI=1S/C19H26N2O3S/c1-15(22)25-17-12-19(8-5-10-20-11-9-19)21(13-17)18(23)24-14-16-6-3-2-4-7-16/h2-4,6-7,17,20H,5,8-14H2,1H3. The molecule has 1 spiro atoms. The fourth-order valence-corrected chi connectivity index (χ4v) is 5.05. The number of hydrogen-bond acceptors (Lipinski definition) is 5. The molecule has 2 heterocycles. The molecule has 136 valence electrons. The zero-order chi connectivity index (χ0) is 17.7. The van der Waals surface area contributed by atoms with Gasteiger partial charge in [-0.15, -0.1) is 0 Å². The molecule has 1 amide bonds. The summed E-state index contributed by atoms with van der Waals surface area (Å²) in [6, 6.07) is 9.74. The van der Waals surface area contributed by atoms with Gasteiger partial charge in [0.1, 0.15) is 6.61 Å². The van der Waals surface area contributed by atoms with Crippen molar-refractivity contribution in [1.29, 1.82) is 0 Å². The number of nitrogens with zero attached hydrogens (tertiary/aromatic N) is 1. The number of carbonyl (C=O) groups is 2. The van der Waals surface area contributed by atoms with Crippen molar-refractivity contribution in [3.8, 4) is 0 Å². The number of likely N-dealkylation sites (tertiary alicyclic amines) is 1. The first-order valence-electron chi connectivity index (χ1n) is 8.95. The van der Waals surface area contributed by atoms with Crippen LogP contribution in [0.15, 0.2) is 30.3 Å². The maximum Gasteiger partial charge on any atom is 0.410 e. The second-order valence-corrected chi connectivity index (χ2v) is 8.39. The lowest BCUT2D eigenvalue weighted by molar-refractivity contribution is -0.109. The Morgan fingerprint density at radius 1 is 1.28 bits per heavy atom. The minimum atomic E-state index is -0.252. The van der Waals surface area contributed by atoms with Crippen molar-refractivity contribution >= 4 is 23.0 Å². The number of thioether (sulfide) groups is 1. The van der Waals surface area contributed by atoms with Gasteiger partial charge in [0, 0.05) is 24.3 Å². The predicted octanol–water partition coefficient (Wildman–Crippen LogP) is 3.19. The Labute approximate surface area is 153 Å². The van der Waals surface area contributed by atoms with Gasteiger partial charge in [0.25, 0.3) is 0 Å². The normalized spacial score (nSPS) is 26.4. The molecule has 1 aromatic carbocycles. The molecule has 6 heteroatoms. The third-order valence-electron chi connectivity index (χ3n) is 5.09. The average molecular weight is 362 g/mol. The van der Waals surface area contributed by atoms with Gasteiger partial charge in [-0.3, -0.25) is 4.79 Å². The Balaban J connectivity index is 1.70. The maximum atomic E-state index is 12.8. The molecule has 0 aliphatic carbocycles. The zero-order valence-electron chi connectivity index (χ0n) is 14.7. The average Bonchev–Trinajstić information content (AvgIpc) is 2.77. The summed E-state index contributed by atoms with van der Waals surface area (Å²) < 4.78 is 5.61. The van der Waals surface area contributed by atoms with Gasteiger partial charge in [0.05, 0.1) is 0 Å². The molecular weight excluding hydrogens is 336 g/mol. The Morgan fingerprint density at radius 3 is 2.84 bits per heavy atom. The maximum absolute atomic E-state index is 12.8. The third kappa shape index (κ3) is 4.55. The van der Waals surface area contributed by atoms with Gasteiger partial charge in [-0.1, -0.05) is 42.1 Å². The second kappa shape index (κ2) is 8.23. The number of hydrogen-bond donors (Lipinski definition) is 1. The molecule has 1 N–H and O–H groups in total. The van der Waals surface area contributed by atoms with Crippen LogP contribution in [0.25, 0.3) is 0 Å². The lowest BCUT2D eigenvalue weighted by atomic mass is 9.88. The Bertz CT molecular complexity index is 600. The molecule has 0 saturated carbocycles. The van der Waals surface area contributed by atoms with Gasteiger partial charge in [-0.25, -0.2) is 4.79 Å². The molecular formula is C19H26N2O3S. The molecule has 2 unspecified atom stereocenters. The van der Waals surface area contributed by atoms with E-state index in [1.807, 2.05) is 35.2 Å². The van der Waals surface area contributed by atoms with Gasteiger partial charge in [0.2, 0.25) is 0 Å². The highest BCUT2D eigenvalue weighted by Crippen LogP contribution is 2.42. The van der Waals surface area contributed by atoms with Crippen LogP contribution in [-0.4, -0.2) is 46.5 Å². The van der Waals surface area contributed by atoms with Gasteiger partial charge < -0.3 is 15.0 Å². The Kier molecular flexibility index (Phi) is 6.02. The summed E-state index contributed by atoms with van der Waals surface area (Å²) in [7, 11) is 0. The zero-order valence-corrected chi connectivity index (χ0v) is 15.5. The van der Waals surface area contributed by atoms with E-state index in [1.54, 1.807) is 6.92 Å². The predicted molar refractivity (Wildman–Crippen MR) is 99.5 cm³/mol. The lowest BCUT2D eigenvalue weighted by Gasteiger charge is -2.37. The molecule has 0 radical (unpaired) electrons. The van der Waals surface area contributed by atoms with E-state index in [9.17, 15) is 9.59 Å². The Hall–Kier alpha value is -1.53. The largest absolute Gasteiger partial charge is 0.445 e. The second-order valence-electron chi connectivity index (χ2n) is 6.91. The minimum Gasteiger partial charge on any atom is -0.445 e. The number of benzene rings is 1. The van der Waals surface area contributed by atoms with Crippen molar-refractivity contribution in [2.75, 3.05) is 19.6 Å². The molecule has 3 rings (SSSR count). The smallest absolute Gasteiger partial charge is 0.410 e. The molecule has 2 fully saturated rings. The van der Waals surface area contributed by atoms with E-state index in [1.165, 1.54) is 11.8 Å². The van der Waals surface area contributed by atoms with Crippen LogP contribution in [0.3, 0.4) is 0 Å². The van der Waals surface area contributed by atoms with E-state index >= 15 is 0 Å². The minimum absolute atomic E-state index is 0.117. The summed E-state index contributed by atoms with van der Waals surface area (Å²) in [6.45, 7) is 4.37. The first-order chi connectivity index (χ1) is 12.1. The Morgan fingerprint density at radius 2 is 2.08 bits per heavy atom. The highest BCUT2D eigenvalue weighted by atomic mass is 32.2. The molecule has 2 aliphatic rings. The van der Waals surface area contributed by atoms with Crippen LogP contribution in [0.2, 0.25) is 0 Å². The number of carbonyl (C=O) groups excluding carboxylic acids is 2. The number of nitrogens with one attached hydrogen (secondary N) is 1. The SMILES string of the molecule is CC(=O)SC1CN(C(=O)OCc2ccccc2)C2(CCCNCC2)C1. The van der Waals surface area contributed by atoms with E-state index in [2.05, 4.69) is 5.32 Å². The summed E-state index contributed by atoms with van der Waals surface area (Å²) in [5.74, 6) is 0. The summed E-state index contributed by atoms with van der Waals surface area (Å²) in [4.78, 5) is 26.3. The van der Waals surface area contributed by atoms with Crippen LogP contribution in [0.5, 0.6) is 0 Å². The van der Waals surface area contributed by atoms with Gasteiger partial charge in [0.15, 0.2) is 5.12 Å². The van der Waals surface area contributed by atoms with Crippen LogP contribution in [0, 0.1) is 0 Å². The lowest BCUT2D eigenvalue weighted by Crippen LogP contribution is -2.48. The molecule has 1 aromatic rings. The summed E-state index contributed by atoms with van der Waals surface area (Å²) in [6.07, 6.45) is 3.55. The van der Waals surface area contributed by atoms with E-state index < -0.39 is 0 Å². The van der Waals surface area contributed by atoms with Gasteiger partial charge in [-0.05, 0) is 44.3 Å². The van der Waals surface area contributed by atoms with Crippen LogP contribution in [0.4, 0.5) is 4.79 Å². The van der Waals surface area contributed by atoms with Crippen molar-refractivity contribution in [3.05, 3.63) is 35.9 Å². The fourth-order valence-electron chi connectivity index (χ4n) is 3.96. The number of rotatable bonds is 3. The molecule has 0 aromatic heterocycles. The van der Waals surface area contributed by atoms with E-state index in [4.69, 9.17) is 4.74 Å². The molecule has 5 nitrogen and oxygen atoms in total. The van der Waals surface area contributed by atoms with Crippen LogP contribution in [-0.2, 0) is 16.1 Å². The van der Waals surface area contributed by atoms with Crippen molar-refractivity contribution in [2.45, 2.75) is 50.0 Å². The van der Waals surface area contributed by atoms with Crippen LogP contribution in [0.1, 0.15) is 38.2 Å². The molecule has 0 bridgehead atoms. The van der Waals surface area contributed by atoms with Crippen LogP contribution < -0.4 is 5.32 Å².